The lowest BCUT2D eigenvalue weighted by atomic mass is 9.95. The van der Waals surface area contributed by atoms with Crippen LogP contribution in [0.3, 0.4) is 0 Å². The molecule has 150 valence electrons. The molecule has 1 fully saturated rings. The summed E-state index contributed by atoms with van der Waals surface area (Å²) in [7, 11) is 0. The Hall–Kier alpha value is -3.11. The molecule has 0 aromatic carbocycles. The number of nitrogens with one attached hydrogen (secondary N) is 2. The Kier molecular flexibility index (Phi) is 5.25. The minimum Gasteiger partial charge on any atom is -0.339 e. The Morgan fingerprint density at radius 3 is 2.64 bits per heavy atom. The van der Waals surface area contributed by atoms with Crippen molar-refractivity contribution >= 4 is 24.4 Å². The van der Waals surface area contributed by atoms with E-state index in [0.717, 1.165) is 6.21 Å². The van der Waals surface area contributed by atoms with E-state index in [1.807, 2.05) is 0 Å². The molecule has 0 aliphatic carbocycles. The maximum atomic E-state index is 12.8. The third-order valence-corrected chi connectivity index (χ3v) is 4.85. The van der Waals surface area contributed by atoms with E-state index in [1.54, 1.807) is 18.3 Å². The number of likely N-dealkylation sites (tertiary alicyclic amines) is 1. The van der Waals surface area contributed by atoms with Crippen LogP contribution in [0, 0.1) is 11.3 Å². The highest BCUT2D eigenvalue weighted by atomic mass is 19.4. The van der Waals surface area contributed by atoms with Gasteiger partial charge in [-0.1, -0.05) is 0 Å². The lowest BCUT2D eigenvalue weighted by Gasteiger charge is -2.33. The summed E-state index contributed by atoms with van der Waals surface area (Å²) in [5.74, 6) is -2.43. The predicted octanol–water partition coefficient (Wildman–Crippen LogP) is 1.96. The summed E-state index contributed by atoms with van der Waals surface area (Å²) in [6.45, 7) is 1.44. The second kappa shape index (κ2) is 7.49. The standard InChI is InChI=1S/C17H19F3N6O2/c1-11(26-10-22-25-6-2-3-14(25)15(27)23-26)13(9-21)16(28)24-7-4-12(5-8-24)17(18,19)20/h2-3,6,9-10,12,21H,4-5,7-8H2,1H3,(H,23,27)/b13-11+,21-9?. The number of halogens is 3. The van der Waals surface area contributed by atoms with Gasteiger partial charge in [0, 0.05) is 25.5 Å². The van der Waals surface area contributed by atoms with Gasteiger partial charge in [0.2, 0.25) is 0 Å². The number of hydrazine groups is 1. The van der Waals surface area contributed by atoms with Gasteiger partial charge in [-0.3, -0.25) is 15.0 Å². The van der Waals surface area contributed by atoms with Gasteiger partial charge in [-0.2, -0.15) is 18.3 Å². The van der Waals surface area contributed by atoms with Gasteiger partial charge >= 0.3 is 6.18 Å². The van der Waals surface area contributed by atoms with Crippen molar-refractivity contribution in [3.63, 3.8) is 0 Å². The van der Waals surface area contributed by atoms with Crippen LogP contribution < -0.4 is 5.43 Å². The van der Waals surface area contributed by atoms with Crippen LogP contribution in [0.1, 0.15) is 30.3 Å². The Labute approximate surface area is 158 Å². The molecule has 3 heterocycles. The van der Waals surface area contributed by atoms with E-state index in [-0.39, 0.29) is 37.2 Å². The molecule has 28 heavy (non-hydrogen) atoms. The van der Waals surface area contributed by atoms with Gasteiger partial charge in [-0.25, -0.2) is 9.69 Å². The number of rotatable bonds is 3. The van der Waals surface area contributed by atoms with Crippen molar-refractivity contribution in [2.75, 3.05) is 13.1 Å². The third-order valence-electron chi connectivity index (χ3n) is 4.85. The van der Waals surface area contributed by atoms with E-state index >= 15 is 0 Å². The smallest absolute Gasteiger partial charge is 0.339 e. The molecular weight excluding hydrogens is 377 g/mol. The van der Waals surface area contributed by atoms with Crippen molar-refractivity contribution in [2.45, 2.75) is 25.9 Å². The van der Waals surface area contributed by atoms with E-state index in [4.69, 9.17) is 5.41 Å². The molecule has 0 atom stereocenters. The number of hydrogen-bond donors (Lipinski definition) is 2. The predicted molar refractivity (Wildman–Crippen MR) is 94.5 cm³/mol. The van der Waals surface area contributed by atoms with Crippen molar-refractivity contribution in [1.29, 1.82) is 5.41 Å². The first-order valence-corrected chi connectivity index (χ1v) is 8.61. The molecule has 2 aliphatic heterocycles. The van der Waals surface area contributed by atoms with Crippen LogP contribution >= 0.6 is 0 Å². The molecule has 0 bridgehead atoms. The van der Waals surface area contributed by atoms with Gasteiger partial charge in [0.05, 0.1) is 17.2 Å². The second-order valence-corrected chi connectivity index (χ2v) is 6.53. The molecule has 2 aliphatic rings. The van der Waals surface area contributed by atoms with Crippen molar-refractivity contribution in [3.05, 3.63) is 35.3 Å². The van der Waals surface area contributed by atoms with Gasteiger partial charge in [-0.05, 0) is 31.9 Å². The van der Waals surface area contributed by atoms with E-state index in [9.17, 15) is 22.8 Å². The number of aromatic nitrogens is 1. The number of carbonyl (C=O) groups is 2. The Morgan fingerprint density at radius 2 is 2.04 bits per heavy atom. The minimum absolute atomic E-state index is 0.0382. The maximum absolute atomic E-state index is 12.8. The van der Waals surface area contributed by atoms with Crippen LogP contribution in [-0.4, -0.2) is 58.2 Å². The molecular formula is C17H19F3N6O2. The molecule has 2 amide bonds. The fraction of sp³-hybridized carbons (Fsp3) is 0.412. The van der Waals surface area contributed by atoms with Crippen molar-refractivity contribution in [1.82, 2.24) is 20.0 Å². The summed E-state index contributed by atoms with van der Waals surface area (Å²) >= 11 is 0. The summed E-state index contributed by atoms with van der Waals surface area (Å²) in [5, 5.41) is 12.9. The quantitative estimate of drug-likeness (QED) is 0.604. The van der Waals surface area contributed by atoms with Gasteiger partial charge in [0.25, 0.3) is 11.8 Å². The molecule has 11 heteroatoms. The zero-order chi connectivity index (χ0) is 20.5. The molecule has 0 saturated carbocycles. The number of allylic oxidation sites excluding steroid dienone is 1. The normalized spacial score (nSPS) is 18.9. The Bertz CT molecular complexity index is 849. The van der Waals surface area contributed by atoms with E-state index < -0.39 is 23.9 Å². The summed E-state index contributed by atoms with van der Waals surface area (Å²) < 4.78 is 39.8. The van der Waals surface area contributed by atoms with Crippen molar-refractivity contribution < 1.29 is 22.8 Å². The summed E-state index contributed by atoms with van der Waals surface area (Å²) in [4.78, 5) is 26.3. The monoisotopic (exact) mass is 396 g/mol. The fourth-order valence-electron chi connectivity index (χ4n) is 3.16. The molecule has 8 nitrogen and oxygen atoms in total. The van der Waals surface area contributed by atoms with Gasteiger partial charge in [-0.15, -0.1) is 0 Å². The van der Waals surface area contributed by atoms with Crippen LogP contribution in [0.2, 0.25) is 0 Å². The molecule has 1 aromatic heterocycles. The van der Waals surface area contributed by atoms with Gasteiger partial charge in [0.1, 0.15) is 12.0 Å². The first-order valence-electron chi connectivity index (χ1n) is 8.61. The van der Waals surface area contributed by atoms with E-state index in [0.29, 0.717) is 5.69 Å². The number of hydrogen-bond acceptors (Lipinski definition) is 5. The number of alkyl halides is 3. The average molecular weight is 396 g/mol. The van der Waals surface area contributed by atoms with Crippen LogP contribution in [0.25, 0.3) is 0 Å². The number of fused-ring (bicyclic) bond motifs is 1. The topological polar surface area (TPSA) is 93.8 Å². The van der Waals surface area contributed by atoms with Crippen LogP contribution in [0.4, 0.5) is 13.2 Å². The zero-order valence-corrected chi connectivity index (χ0v) is 15.0. The Balaban J connectivity index is 1.77. The van der Waals surface area contributed by atoms with Gasteiger partial charge in [0.15, 0.2) is 0 Å². The largest absolute Gasteiger partial charge is 0.391 e. The number of nitrogens with zero attached hydrogens (tertiary/aromatic N) is 4. The molecule has 1 aromatic rings. The van der Waals surface area contributed by atoms with Crippen LogP contribution in [0.5, 0.6) is 0 Å². The molecule has 0 unspecified atom stereocenters. The van der Waals surface area contributed by atoms with Crippen molar-refractivity contribution in [2.24, 2.45) is 11.0 Å². The highest BCUT2D eigenvalue weighted by molar-refractivity contribution is 6.12. The molecule has 0 radical (unpaired) electrons. The minimum atomic E-state index is -4.27. The number of carbonyl (C=O) groups excluding carboxylic acids is 2. The lowest BCUT2D eigenvalue weighted by Crippen LogP contribution is -2.44. The highest BCUT2D eigenvalue weighted by Crippen LogP contribution is 2.34. The van der Waals surface area contributed by atoms with Gasteiger partial charge < -0.3 is 10.3 Å². The average Bonchev–Trinajstić information content (AvgIpc) is 3.07. The van der Waals surface area contributed by atoms with E-state index in [1.165, 1.54) is 27.8 Å². The van der Waals surface area contributed by atoms with Crippen LogP contribution in [-0.2, 0) is 4.79 Å². The third kappa shape index (κ3) is 3.78. The van der Waals surface area contributed by atoms with Crippen molar-refractivity contribution in [3.8, 4) is 0 Å². The summed E-state index contributed by atoms with van der Waals surface area (Å²) in [5.41, 5.74) is 3.06. The highest BCUT2D eigenvalue weighted by Gasteiger charge is 2.42. The first-order chi connectivity index (χ1) is 13.2. The first kappa shape index (κ1) is 19.6. The second-order valence-electron chi connectivity index (χ2n) is 6.53. The Morgan fingerprint density at radius 1 is 1.36 bits per heavy atom. The molecule has 2 N–H and O–H groups in total. The maximum Gasteiger partial charge on any atom is 0.391 e. The number of amides is 2. The van der Waals surface area contributed by atoms with Crippen LogP contribution in [0.15, 0.2) is 34.7 Å². The SMILES string of the molecule is C/C(=C(/C=N)C(=O)N1CCC(C(F)(F)F)CC1)N1C=Nn2cccc2C(=O)N1. The summed E-state index contributed by atoms with van der Waals surface area (Å²) in [6, 6.07) is 3.23. The molecule has 0 spiro atoms. The fourth-order valence-corrected chi connectivity index (χ4v) is 3.16. The van der Waals surface area contributed by atoms with E-state index in [2.05, 4.69) is 10.5 Å². The number of piperidine rings is 1. The molecule has 3 rings (SSSR count). The molecule has 1 saturated heterocycles. The lowest BCUT2D eigenvalue weighted by molar-refractivity contribution is -0.186. The zero-order valence-electron chi connectivity index (χ0n) is 15.0. The summed E-state index contributed by atoms with van der Waals surface area (Å²) in [6.07, 6.45) is -0.904.